The van der Waals surface area contributed by atoms with Crippen molar-refractivity contribution in [3.63, 3.8) is 0 Å². The van der Waals surface area contributed by atoms with Gasteiger partial charge in [-0.15, -0.1) is 0 Å². The van der Waals surface area contributed by atoms with Crippen molar-refractivity contribution < 1.29 is 4.74 Å². The van der Waals surface area contributed by atoms with Crippen LogP contribution in [0, 0.1) is 13.8 Å². The van der Waals surface area contributed by atoms with Gasteiger partial charge in [0.25, 0.3) is 0 Å². The Bertz CT molecular complexity index is 416. The molecule has 1 aromatic heterocycles. The number of ether oxygens (including phenoxy) is 1. The van der Waals surface area contributed by atoms with E-state index in [1.54, 1.807) is 7.11 Å². The van der Waals surface area contributed by atoms with Gasteiger partial charge in [-0.25, -0.2) is 4.98 Å². The number of anilines is 1. The van der Waals surface area contributed by atoms with Gasteiger partial charge >= 0.3 is 0 Å². The molecule has 0 unspecified atom stereocenters. The summed E-state index contributed by atoms with van der Waals surface area (Å²) in [4.78, 5) is 7.08. The second kappa shape index (κ2) is 5.67. The van der Waals surface area contributed by atoms with Crippen molar-refractivity contribution >= 4 is 5.82 Å². The van der Waals surface area contributed by atoms with Crippen molar-refractivity contribution in [1.82, 2.24) is 4.98 Å². The Balaban J connectivity index is 2.33. The lowest BCUT2D eigenvalue weighted by atomic mass is 10.1. The lowest BCUT2D eigenvalue weighted by molar-refractivity contribution is 0.204. The minimum absolute atomic E-state index is 0.546. The molecule has 2 rings (SSSR count). The quantitative estimate of drug-likeness (QED) is 0.835. The molecule has 4 nitrogen and oxygen atoms in total. The van der Waals surface area contributed by atoms with E-state index in [0.29, 0.717) is 12.6 Å². The van der Waals surface area contributed by atoms with E-state index >= 15 is 0 Å². The molecule has 0 spiro atoms. The Kier molecular flexibility index (Phi) is 4.19. The van der Waals surface area contributed by atoms with Crippen LogP contribution in [0.15, 0.2) is 6.07 Å². The lowest BCUT2D eigenvalue weighted by Crippen LogP contribution is -2.32. The molecule has 0 amide bonds. The average molecular weight is 249 g/mol. The molecule has 18 heavy (non-hydrogen) atoms. The molecule has 0 radical (unpaired) electrons. The van der Waals surface area contributed by atoms with Crippen LogP contribution in [0.25, 0.3) is 0 Å². The zero-order chi connectivity index (χ0) is 13.1. The number of nitrogens with zero attached hydrogens (tertiary/aromatic N) is 2. The second-order valence-corrected chi connectivity index (χ2v) is 5.00. The first-order chi connectivity index (χ1) is 8.67. The molecule has 0 saturated heterocycles. The molecule has 100 valence electrons. The lowest BCUT2D eigenvalue weighted by Gasteiger charge is -2.26. The SMILES string of the molecule is COCCN(c1nc(C)cc(C)c1CN)C1CC1. The molecule has 1 fully saturated rings. The monoisotopic (exact) mass is 249 g/mol. The van der Waals surface area contributed by atoms with Gasteiger partial charge in [-0.2, -0.15) is 0 Å². The number of methoxy groups -OCH3 is 1. The number of rotatable bonds is 6. The highest BCUT2D eigenvalue weighted by Gasteiger charge is 2.31. The maximum absolute atomic E-state index is 5.89. The van der Waals surface area contributed by atoms with Gasteiger partial charge < -0.3 is 15.4 Å². The molecule has 0 aliphatic heterocycles. The van der Waals surface area contributed by atoms with Crippen molar-refractivity contribution in [2.24, 2.45) is 5.73 Å². The fraction of sp³-hybridized carbons (Fsp3) is 0.643. The van der Waals surface area contributed by atoms with E-state index in [1.807, 2.05) is 6.92 Å². The predicted molar refractivity (Wildman–Crippen MR) is 73.8 cm³/mol. The molecule has 1 saturated carbocycles. The van der Waals surface area contributed by atoms with E-state index < -0.39 is 0 Å². The van der Waals surface area contributed by atoms with Crippen LogP contribution in [0.4, 0.5) is 5.82 Å². The van der Waals surface area contributed by atoms with Gasteiger partial charge in [0.2, 0.25) is 0 Å². The summed E-state index contributed by atoms with van der Waals surface area (Å²) in [5.74, 6) is 1.06. The van der Waals surface area contributed by atoms with E-state index in [2.05, 4.69) is 17.9 Å². The van der Waals surface area contributed by atoms with Crippen LogP contribution >= 0.6 is 0 Å². The van der Waals surface area contributed by atoms with Crippen molar-refractivity contribution in [3.8, 4) is 0 Å². The Morgan fingerprint density at radius 2 is 2.17 bits per heavy atom. The average Bonchev–Trinajstić information content (AvgIpc) is 3.13. The summed E-state index contributed by atoms with van der Waals surface area (Å²) >= 11 is 0. The first-order valence-corrected chi connectivity index (χ1v) is 6.60. The van der Waals surface area contributed by atoms with Gasteiger partial charge in [0.1, 0.15) is 5.82 Å². The van der Waals surface area contributed by atoms with Gasteiger partial charge in [-0.1, -0.05) is 0 Å². The van der Waals surface area contributed by atoms with Crippen LogP contribution in [0.1, 0.15) is 29.7 Å². The molecule has 0 atom stereocenters. The summed E-state index contributed by atoms with van der Waals surface area (Å²) in [5.41, 5.74) is 9.36. The first kappa shape index (κ1) is 13.3. The fourth-order valence-electron chi connectivity index (χ4n) is 2.37. The van der Waals surface area contributed by atoms with Crippen molar-refractivity contribution in [2.45, 2.75) is 39.3 Å². The summed E-state index contributed by atoms with van der Waals surface area (Å²) in [6.07, 6.45) is 2.50. The first-order valence-electron chi connectivity index (χ1n) is 6.60. The van der Waals surface area contributed by atoms with E-state index in [0.717, 1.165) is 24.7 Å². The van der Waals surface area contributed by atoms with Crippen LogP contribution in [-0.2, 0) is 11.3 Å². The minimum Gasteiger partial charge on any atom is -0.383 e. The summed E-state index contributed by atoms with van der Waals surface area (Å²) in [6.45, 7) is 6.32. The third-order valence-electron chi connectivity index (χ3n) is 3.45. The second-order valence-electron chi connectivity index (χ2n) is 5.00. The molecule has 2 N–H and O–H groups in total. The van der Waals surface area contributed by atoms with Gasteiger partial charge in [0.05, 0.1) is 6.61 Å². The molecular formula is C14H23N3O. The Hall–Kier alpha value is -1.13. The van der Waals surface area contributed by atoms with Crippen LogP contribution in [0.3, 0.4) is 0 Å². The van der Waals surface area contributed by atoms with E-state index in [4.69, 9.17) is 15.5 Å². The number of pyridine rings is 1. The van der Waals surface area contributed by atoms with Gasteiger partial charge in [0.15, 0.2) is 0 Å². The molecule has 1 heterocycles. The van der Waals surface area contributed by atoms with Crippen LogP contribution in [-0.4, -0.2) is 31.3 Å². The topological polar surface area (TPSA) is 51.4 Å². The van der Waals surface area contributed by atoms with Crippen molar-refractivity contribution in [2.75, 3.05) is 25.2 Å². The van der Waals surface area contributed by atoms with E-state index in [1.165, 1.54) is 24.0 Å². The van der Waals surface area contributed by atoms with Gasteiger partial charge in [0, 0.05) is 37.5 Å². The van der Waals surface area contributed by atoms with Crippen molar-refractivity contribution in [1.29, 1.82) is 0 Å². The number of aryl methyl sites for hydroxylation is 2. The molecule has 0 aromatic carbocycles. The number of aromatic nitrogens is 1. The zero-order valence-electron chi connectivity index (χ0n) is 11.6. The Labute approximate surface area is 109 Å². The Morgan fingerprint density at radius 1 is 1.44 bits per heavy atom. The van der Waals surface area contributed by atoms with Crippen LogP contribution in [0.5, 0.6) is 0 Å². The fourth-order valence-corrected chi connectivity index (χ4v) is 2.37. The number of nitrogens with two attached hydrogens (primary N) is 1. The standard InChI is InChI=1S/C14H23N3O/c1-10-8-11(2)16-14(13(10)9-15)17(6-7-18-3)12-4-5-12/h8,12H,4-7,9,15H2,1-3H3. The third kappa shape index (κ3) is 2.82. The van der Waals surface area contributed by atoms with E-state index in [9.17, 15) is 0 Å². The van der Waals surface area contributed by atoms with Crippen molar-refractivity contribution in [3.05, 3.63) is 22.9 Å². The maximum atomic E-state index is 5.89. The van der Waals surface area contributed by atoms with Gasteiger partial charge in [-0.3, -0.25) is 0 Å². The highest BCUT2D eigenvalue weighted by molar-refractivity contribution is 5.53. The van der Waals surface area contributed by atoms with Crippen LogP contribution < -0.4 is 10.6 Å². The molecule has 4 heteroatoms. The highest BCUT2D eigenvalue weighted by Crippen LogP contribution is 2.33. The molecule has 1 aromatic rings. The van der Waals surface area contributed by atoms with E-state index in [-0.39, 0.29) is 0 Å². The molecule has 1 aliphatic rings. The van der Waals surface area contributed by atoms with Crippen LogP contribution in [0.2, 0.25) is 0 Å². The smallest absolute Gasteiger partial charge is 0.133 e. The third-order valence-corrected chi connectivity index (χ3v) is 3.45. The normalized spacial score (nSPS) is 14.9. The van der Waals surface area contributed by atoms with Gasteiger partial charge in [-0.05, 0) is 38.3 Å². The molecule has 0 bridgehead atoms. The maximum Gasteiger partial charge on any atom is 0.133 e. The summed E-state index contributed by atoms with van der Waals surface area (Å²) in [5, 5.41) is 0. The zero-order valence-corrected chi connectivity index (χ0v) is 11.6. The summed E-state index contributed by atoms with van der Waals surface area (Å²) in [6, 6.07) is 2.73. The summed E-state index contributed by atoms with van der Waals surface area (Å²) < 4.78 is 5.21. The molecular weight excluding hydrogens is 226 g/mol. The predicted octanol–water partition coefficient (Wildman–Crippen LogP) is 1.77. The minimum atomic E-state index is 0.546. The molecule has 1 aliphatic carbocycles. The Morgan fingerprint density at radius 3 is 2.72 bits per heavy atom. The number of hydrogen-bond donors (Lipinski definition) is 1. The highest BCUT2D eigenvalue weighted by atomic mass is 16.5. The number of hydrogen-bond acceptors (Lipinski definition) is 4. The summed E-state index contributed by atoms with van der Waals surface area (Å²) in [7, 11) is 1.74. The largest absolute Gasteiger partial charge is 0.383 e.